The van der Waals surface area contributed by atoms with E-state index >= 15 is 0 Å². The lowest BCUT2D eigenvalue weighted by atomic mass is 9.91. The van der Waals surface area contributed by atoms with E-state index in [1.807, 2.05) is 30.5 Å². The molecule has 20 heavy (non-hydrogen) atoms. The Kier molecular flexibility index (Phi) is 5.58. The van der Waals surface area contributed by atoms with Gasteiger partial charge in [-0.1, -0.05) is 47.4 Å². The number of nitrogens with zero attached hydrogens (tertiary/aromatic N) is 1. The summed E-state index contributed by atoms with van der Waals surface area (Å²) in [5.74, 6) is 0.239. The molecule has 2 rings (SSSR count). The Morgan fingerprint density at radius 2 is 2.10 bits per heavy atom. The van der Waals surface area contributed by atoms with Gasteiger partial charge in [-0.15, -0.1) is 0 Å². The average Bonchev–Trinajstić information content (AvgIpc) is 2.48. The molecule has 0 spiro atoms. The zero-order chi connectivity index (χ0) is 14.5. The van der Waals surface area contributed by atoms with Crippen molar-refractivity contribution in [3.63, 3.8) is 0 Å². The fourth-order valence-corrected chi connectivity index (χ4v) is 2.96. The second-order valence-electron chi connectivity index (χ2n) is 4.74. The van der Waals surface area contributed by atoms with Gasteiger partial charge in [-0.3, -0.25) is 4.98 Å². The van der Waals surface area contributed by atoms with E-state index in [2.05, 4.69) is 52.2 Å². The van der Waals surface area contributed by atoms with Crippen LogP contribution in [0.3, 0.4) is 0 Å². The van der Waals surface area contributed by atoms with Gasteiger partial charge in [0.2, 0.25) is 0 Å². The van der Waals surface area contributed by atoms with Crippen molar-refractivity contribution in [2.75, 3.05) is 6.54 Å². The molecule has 0 fully saturated rings. The zero-order valence-corrected chi connectivity index (χ0v) is 13.9. The van der Waals surface area contributed by atoms with Crippen molar-refractivity contribution in [3.05, 3.63) is 63.3 Å². The Morgan fingerprint density at radius 3 is 2.75 bits per heavy atom. The highest BCUT2D eigenvalue weighted by atomic mass is 79.9. The summed E-state index contributed by atoms with van der Waals surface area (Å²) in [5, 5.41) is 4.30. The molecular weight excluding hydrogens is 336 g/mol. The van der Waals surface area contributed by atoms with Gasteiger partial charge in [0, 0.05) is 33.3 Å². The topological polar surface area (TPSA) is 24.9 Å². The van der Waals surface area contributed by atoms with Crippen molar-refractivity contribution >= 4 is 27.5 Å². The van der Waals surface area contributed by atoms with Gasteiger partial charge in [0.15, 0.2) is 0 Å². The molecule has 2 nitrogen and oxygen atoms in total. The molecule has 0 aliphatic rings. The Hall–Kier alpha value is -0.900. The van der Waals surface area contributed by atoms with Crippen LogP contribution in [0, 0.1) is 0 Å². The van der Waals surface area contributed by atoms with Crippen LogP contribution in [-0.2, 0) is 0 Å². The first kappa shape index (κ1) is 15.5. The predicted octanol–water partition coefficient (Wildman–Crippen LogP) is 4.95. The number of pyridine rings is 1. The Labute approximate surface area is 133 Å². The summed E-state index contributed by atoms with van der Waals surface area (Å²) in [6.45, 7) is 5.15. The van der Waals surface area contributed by atoms with E-state index in [0.717, 1.165) is 27.3 Å². The third-order valence-corrected chi connectivity index (χ3v) is 4.21. The van der Waals surface area contributed by atoms with Crippen LogP contribution in [-0.4, -0.2) is 11.5 Å². The van der Waals surface area contributed by atoms with Crippen molar-refractivity contribution < 1.29 is 0 Å². The van der Waals surface area contributed by atoms with Gasteiger partial charge in [-0.25, -0.2) is 0 Å². The molecule has 1 aromatic heterocycles. The molecule has 1 N–H and O–H groups in total. The molecule has 0 amide bonds. The SMILES string of the molecule is CCNC(c1cc(Br)ccc1Cl)C(C)c1ccccn1. The van der Waals surface area contributed by atoms with Crippen LogP contribution < -0.4 is 5.32 Å². The minimum Gasteiger partial charge on any atom is -0.310 e. The van der Waals surface area contributed by atoms with Gasteiger partial charge in [0.25, 0.3) is 0 Å². The van der Waals surface area contributed by atoms with E-state index < -0.39 is 0 Å². The highest BCUT2D eigenvalue weighted by Gasteiger charge is 2.23. The minimum absolute atomic E-state index is 0.139. The number of likely N-dealkylation sites (N-methyl/N-ethyl adjacent to an activating group) is 1. The van der Waals surface area contributed by atoms with E-state index in [-0.39, 0.29) is 12.0 Å². The molecule has 1 aromatic carbocycles. The standard InChI is InChI=1S/C16H18BrClN2/c1-3-19-16(11(2)15-6-4-5-9-20-15)13-10-12(17)7-8-14(13)18/h4-11,16,19H,3H2,1-2H3. The summed E-state index contributed by atoms with van der Waals surface area (Å²) in [5.41, 5.74) is 2.16. The lowest BCUT2D eigenvalue weighted by Gasteiger charge is -2.26. The lowest BCUT2D eigenvalue weighted by Crippen LogP contribution is -2.26. The molecule has 0 saturated carbocycles. The third-order valence-electron chi connectivity index (χ3n) is 3.37. The number of nitrogens with one attached hydrogen (secondary N) is 1. The number of benzene rings is 1. The summed E-state index contributed by atoms with van der Waals surface area (Å²) >= 11 is 9.90. The predicted molar refractivity (Wildman–Crippen MR) is 88.2 cm³/mol. The van der Waals surface area contributed by atoms with Crippen molar-refractivity contribution in [1.29, 1.82) is 0 Å². The second kappa shape index (κ2) is 7.21. The smallest absolute Gasteiger partial charge is 0.0454 e. The monoisotopic (exact) mass is 352 g/mol. The third kappa shape index (κ3) is 3.60. The number of hydrogen-bond acceptors (Lipinski definition) is 2. The number of aromatic nitrogens is 1. The van der Waals surface area contributed by atoms with Gasteiger partial charge in [-0.2, -0.15) is 0 Å². The summed E-state index contributed by atoms with van der Waals surface area (Å²) in [4.78, 5) is 4.46. The quantitative estimate of drug-likeness (QED) is 0.822. The molecular formula is C16H18BrClN2. The fraction of sp³-hybridized carbons (Fsp3) is 0.312. The van der Waals surface area contributed by atoms with Crippen molar-refractivity contribution in [1.82, 2.24) is 10.3 Å². The molecule has 4 heteroatoms. The van der Waals surface area contributed by atoms with Crippen LogP contribution in [0.5, 0.6) is 0 Å². The molecule has 0 radical (unpaired) electrons. The Morgan fingerprint density at radius 1 is 1.30 bits per heavy atom. The Balaban J connectivity index is 2.38. The fourth-order valence-electron chi connectivity index (χ4n) is 2.35. The molecule has 0 saturated heterocycles. The second-order valence-corrected chi connectivity index (χ2v) is 6.07. The first-order valence-corrected chi connectivity index (χ1v) is 7.89. The largest absolute Gasteiger partial charge is 0.310 e. The maximum atomic E-state index is 6.38. The van der Waals surface area contributed by atoms with E-state index in [0.29, 0.717) is 0 Å². The van der Waals surface area contributed by atoms with E-state index in [1.165, 1.54) is 0 Å². The Bertz CT molecular complexity index is 560. The molecule has 0 aliphatic heterocycles. The molecule has 1 heterocycles. The summed E-state index contributed by atoms with van der Waals surface area (Å²) in [7, 11) is 0. The number of hydrogen-bond donors (Lipinski definition) is 1. The van der Waals surface area contributed by atoms with Crippen molar-refractivity contribution in [2.45, 2.75) is 25.8 Å². The molecule has 106 valence electrons. The summed E-state index contributed by atoms with van der Waals surface area (Å²) in [6.07, 6.45) is 1.83. The van der Waals surface area contributed by atoms with Crippen LogP contribution in [0.25, 0.3) is 0 Å². The van der Waals surface area contributed by atoms with Crippen LogP contribution in [0.4, 0.5) is 0 Å². The summed E-state index contributed by atoms with van der Waals surface area (Å²) in [6, 6.07) is 12.1. The molecule has 0 bridgehead atoms. The van der Waals surface area contributed by atoms with Crippen LogP contribution in [0.1, 0.15) is 37.1 Å². The van der Waals surface area contributed by atoms with Crippen LogP contribution in [0.15, 0.2) is 47.1 Å². The number of rotatable bonds is 5. The molecule has 2 aromatic rings. The minimum atomic E-state index is 0.139. The maximum Gasteiger partial charge on any atom is 0.0454 e. The van der Waals surface area contributed by atoms with Gasteiger partial charge in [0.05, 0.1) is 0 Å². The molecule has 2 atom stereocenters. The van der Waals surface area contributed by atoms with E-state index in [9.17, 15) is 0 Å². The lowest BCUT2D eigenvalue weighted by molar-refractivity contribution is 0.472. The molecule has 0 aliphatic carbocycles. The number of halogens is 2. The summed E-state index contributed by atoms with van der Waals surface area (Å²) < 4.78 is 1.04. The van der Waals surface area contributed by atoms with Crippen molar-refractivity contribution in [3.8, 4) is 0 Å². The van der Waals surface area contributed by atoms with Gasteiger partial charge >= 0.3 is 0 Å². The highest BCUT2D eigenvalue weighted by molar-refractivity contribution is 9.10. The van der Waals surface area contributed by atoms with Crippen LogP contribution in [0.2, 0.25) is 5.02 Å². The average molecular weight is 354 g/mol. The van der Waals surface area contributed by atoms with Crippen LogP contribution >= 0.6 is 27.5 Å². The van der Waals surface area contributed by atoms with Gasteiger partial charge in [0.1, 0.15) is 0 Å². The van der Waals surface area contributed by atoms with E-state index in [4.69, 9.17) is 11.6 Å². The first-order valence-electron chi connectivity index (χ1n) is 6.72. The highest BCUT2D eigenvalue weighted by Crippen LogP contribution is 2.35. The van der Waals surface area contributed by atoms with Gasteiger partial charge < -0.3 is 5.32 Å². The maximum absolute atomic E-state index is 6.38. The van der Waals surface area contributed by atoms with Crippen molar-refractivity contribution in [2.24, 2.45) is 0 Å². The molecule has 2 unspecified atom stereocenters. The zero-order valence-electron chi connectivity index (χ0n) is 11.6. The van der Waals surface area contributed by atoms with E-state index in [1.54, 1.807) is 0 Å². The normalized spacial score (nSPS) is 14.0. The first-order chi connectivity index (χ1) is 9.63. The van der Waals surface area contributed by atoms with Gasteiger partial charge in [-0.05, 0) is 42.4 Å².